The van der Waals surface area contributed by atoms with Crippen molar-refractivity contribution >= 4 is 16.9 Å². The fraction of sp³-hybridized carbons (Fsp3) is 0.385. The van der Waals surface area contributed by atoms with Gasteiger partial charge in [0.1, 0.15) is 11.3 Å². The van der Waals surface area contributed by atoms with E-state index in [2.05, 4.69) is 0 Å². The van der Waals surface area contributed by atoms with Gasteiger partial charge in [0.05, 0.1) is 30.2 Å². The first-order valence-corrected chi connectivity index (χ1v) is 11.0. The van der Waals surface area contributed by atoms with E-state index in [1.54, 1.807) is 12.0 Å². The normalized spacial score (nSPS) is 15.6. The summed E-state index contributed by atoms with van der Waals surface area (Å²) in [5.74, 6) is 0.534. The summed E-state index contributed by atoms with van der Waals surface area (Å²) in [6, 6.07) is 10.8. The Balaban J connectivity index is 1.86. The molecule has 0 spiro atoms. The largest absolute Gasteiger partial charge is 0.497 e. The van der Waals surface area contributed by atoms with Gasteiger partial charge >= 0.3 is 0 Å². The number of ether oxygens (including phenoxy) is 2. The van der Waals surface area contributed by atoms with Crippen molar-refractivity contribution in [3.8, 4) is 5.75 Å². The Morgan fingerprint density at radius 1 is 1.12 bits per heavy atom. The van der Waals surface area contributed by atoms with Gasteiger partial charge < -0.3 is 18.8 Å². The van der Waals surface area contributed by atoms with Crippen LogP contribution in [0.15, 0.2) is 45.6 Å². The van der Waals surface area contributed by atoms with Crippen LogP contribution in [0.3, 0.4) is 0 Å². The lowest BCUT2D eigenvalue weighted by atomic mass is 9.97. The quantitative estimate of drug-likeness (QED) is 0.500. The van der Waals surface area contributed by atoms with Crippen LogP contribution < -0.4 is 10.2 Å². The van der Waals surface area contributed by atoms with E-state index in [0.717, 1.165) is 16.7 Å². The number of carbonyl (C=O) groups is 1. The van der Waals surface area contributed by atoms with Crippen LogP contribution in [0.1, 0.15) is 59.1 Å². The number of methoxy groups -OCH3 is 1. The Morgan fingerprint density at radius 2 is 1.91 bits per heavy atom. The van der Waals surface area contributed by atoms with E-state index in [1.165, 1.54) is 0 Å². The summed E-state index contributed by atoms with van der Waals surface area (Å²) in [6.07, 6.45) is 0.778. The fourth-order valence-corrected chi connectivity index (χ4v) is 4.42. The standard InChI is InChI=1S/C26H29NO5/c1-15(2)31-11-7-10-27-22(18-8-6-9-19(14-18)30-5)21-23(28)20-13-16(3)12-17(4)24(20)32-25(21)26(27)29/h6,8-9,12-15,22H,7,10-11H2,1-5H3. The van der Waals surface area contributed by atoms with E-state index < -0.39 is 6.04 Å². The van der Waals surface area contributed by atoms with Gasteiger partial charge in [0.25, 0.3) is 5.91 Å². The highest BCUT2D eigenvalue weighted by molar-refractivity contribution is 5.99. The molecule has 6 nitrogen and oxygen atoms in total. The molecule has 1 amide bonds. The van der Waals surface area contributed by atoms with E-state index in [0.29, 0.717) is 41.9 Å². The van der Waals surface area contributed by atoms with Crippen molar-refractivity contribution < 1.29 is 18.7 Å². The van der Waals surface area contributed by atoms with Crippen LogP contribution in [0.25, 0.3) is 11.0 Å². The number of hydrogen-bond acceptors (Lipinski definition) is 5. The summed E-state index contributed by atoms with van der Waals surface area (Å²) in [7, 11) is 1.60. The zero-order chi connectivity index (χ0) is 23.0. The average Bonchev–Trinajstić information content (AvgIpc) is 3.04. The molecule has 0 saturated heterocycles. The third kappa shape index (κ3) is 3.91. The second kappa shape index (κ2) is 8.79. The molecule has 2 aromatic carbocycles. The minimum atomic E-state index is -0.534. The second-order valence-corrected chi connectivity index (χ2v) is 8.58. The molecule has 1 unspecified atom stereocenters. The van der Waals surface area contributed by atoms with E-state index >= 15 is 0 Å². The highest BCUT2D eigenvalue weighted by atomic mass is 16.5. The SMILES string of the molecule is COc1cccc(C2c3c(oc4c(C)cc(C)cc4c3=O)C(=O)N2CCCOC(C)C)c1. The highest BCUT2D eigenvalue weighted by Crippen LogP contribution is 2.39. The number of carbonyl (C=O) groups excluding carboxylic acids is 1. The smallest absolute Gasteiger partial charge is 0.290 e. The van der Waals surface area contributed by atoms with Gasteiger partial charge in [0, 0.05) is 13.2 Å². The number of aryl methyl sites for hydroxylation is 2. The lowest BCUT2D eigenvalue weighted by Crippen LogP contribution is -2.31. The van der Waals surface area contributed by atoms with Gasteiger partial charge in [-0.15, -0.1) is 0 Å². The number of amides is 1. The van der Waals surface area contributed by atoms with E-state index in [-0.39, 0.29) is 23.2 Å². The van der Waals surface area contributed by atoms with E-state index in [1.807, 2.05) is 64.1 Å². The molecule has 1 aromatic heterocycles. The summed E-state index contributed by atoms with van der Waals surface area (Å²) < 4.78 is 17.2. The molecule has 0 aliphatic carbocycles. The first-order valence-electron chi connectivity index (χ1n) is 11.0. The minimum absolute atomic E-state index is 0.121. The predicted molar refractivity (Wildman–Crippen MR) is 124 cm³/mol. The maximum Gasteiger partial charge on any atom is 0.290 e. The number of rotatable bonds is 7. The second-order valence-electron chi connectivity index (χ2n) is 8.58. The van der Waals surface area contributed by atoms with Crippen LogP contribution in [-0.2, 0) is 4.74 Å². The van der Waals surface area contributed by atoms with Crippen molar-refractivity contribution in [3.63, 3.8) is 0 Å². The molecule has 0 N–H and O–H groups in total. The Bertz CT molecular complexity index is 1230. The van der Waals surface area contributed by atoms with Gasteiger partial charge in [0.15, 0.2) is 5.43 Å². The molecular formula is C26H29NO5. The molecule has 1 aliphatic rings. The Morgan fingerprint density at radius 3 is 2.62 bits per heavy atom. The molecule has 0 saturated carbocycles. The minimum Gasteiger partial charge on any atom is -0.497 e. The van der Waals surface area contributed by atoms with Crippen molar-refractivity contribution in [1.29, 1.82) is 0 Å². The summed E-state index contributed by atoms with van der Waals surface area (Å²) in [5, 5.41) is 0.506. The van der Waals surface area contributed by atoms with Gasteiger partial charge in [0.2, 0.25) is 5.76 Å². The van der Waals surface area contributed by atoms with Crippen molar-refractivity contribution in [2.24, 2.45) is 0 Å². The molecule has 4 rings (SSSR count). The van der Waals surface area contributed by atoms with Crippen LogP contribution in [0, 0.1) is 13.8 Å². The lowest BCUT2D eigenvalue weighted by Gasteiger charge is -2.25. The van der Waals surface area contributed by atoms with Crippen molar-refractivity contribution in [2.45, 2.75) is 46.3 Å². The maximum atomic E-state index is 13.7. The Kier molecular flexibility index (Phi) is 6.07. The monoisotopic (exact) mass is 435 g/mol. The fourth-order valence-electron chi connectivity index (χ4n) is 4.42. The predicted octanol–water partition coefficient (Wildman–Crippen LogP) is 4.78. The Labute approximate surface area is 187 Å². The Hall–Kier alpha value is -3.12. The molecule has 2 heterocycles. The van der Waals surface area contributed by atoms with Crippen LogP contribution in [-0.4, -0.2) is 37.2 Å². The van der Waals surface area contributed by atoms with Crippen LogP contribution in [0.2, 0.25) is 0 Å². The number of benzene rings is 2. The first-order chi connectivity index (χ1) is 15.3. The van der Waals surface area contributed by atoms with Gasteiger partial charge in [-0.25, -0.2) is 0 Å². The van der Waals surface area contributed by atoms with Crippen molar-refractivity contribution in [3.05, 3.63) is 74.6 Å². The topological polar surface area (TPSA) is 69.0 Å². The summed E-state index contributed by atoms with van der Waals surface area (Å²) in [4.78, 5) is 28.9. The number of fused-ring (bicyclic) bond motifs is 2. The maximum absolute atomic E-state index is 13.7. The van der Waals surface area contributed by atoms with Gasteiger partial charge in [-0.2, -0.15) is 0 Å². The first kappa shape index (κ1) is 22.1. The summed E-state index contributed by atoms with van der Waals surface area (Å²) >= 11 is 0. The molecule has 0 fully saturated rings. The molecule has 1 atom stereocenters. The molecular weight excluding hydrogens is 406 g/mol. The van der Waals surface area contributed by atoms with E-state index in [4.69, 9.17) is 13.9 Å². The summed E-state index contributed by atoms with van der Waals surface area (Å²) in [5.41, 5.74) is 3.35. The van der Waals surface area contributed by atoms with Crippen LogP contribution in [0.4, 0.5) is 0 Å². The highest BCUT2D eigenvalue weighted by Gasteiger charge is 2.42. The number of hydrogen-bond donors (Lipinski definition) is 0. The molecule has 168 valence electrons. The van der Waals surface area contributed by atoms with Crippen molar-refractivity contribution in [1.82, 2.24) is 4.90 Å². The van der Waals surface area contributed by atoms with Gasteiger partial charge in [-0.3, -0.25) is 9.59 Å². The zero-order valence-corrected chi connectivity index (χ0v) is 19.2. The molecule has 6 heteroatoms. The third-order valence-corrected chi connectivity index (χ3v) is 5.80. The van der Waals surface area contributed by atoms with Crippen molar-refractivity contribution in [2.75, 3.05) is 20.3 Å². The molecule has 32 heavy (non-hydrogen) atoms. The molecule has 1 aliphatic heterocycles. The van der Waals surface area contributed by atoms with E-state index in [9.17, 15) is 9.59 Å². The lowest BCUT2D eigenvalue weighted by molar-refractivity contribution is 0.0593. The molecule has 0 radical (unpaired) electrons. The molecule has 0 bridgehead atoms. The average molecular weight is 436 g/mol. The van der Waals surface area contributed by atoms with Crippen LogP contribution in [0.5, 0.6) is 5.75 Å². The van der Waals surface area contributed by atoms with Crippen LogP contribution >= 0.6 is 0 Å². The van der Waals surface area contributed by atoms with Gasteiger partial charge in [-0.1, -0.05) is 18.2 Å². The van der Waals surface area contributed by atoms with Gasteiger partial charge in [-0.05, 0) is 69.0 Å². The zero-order valence-electron chi connectivity index (χ0n) is 19.2. The summed E-state index contributed by atoms with van der Waals surface area (Å²) in [6.45, 7) is 8.79. The number of nitrogens with zero attached hydrogens (tertiary/aromatic N) is 1. The molecule has 3 aromatic rings. The third-order valence-electron chi connectivity index (χ3n) is 5.80.